The number of nitrogens with zero attached hydrogens (tertiary/aromatic N) is 2. The van der Waals surface area contributed by atoms with Gasteiger partial charge in [-0.05, 0) is 61.7 Å². The molecular weight excluding hydrogens is 416 g/mol. The number of ketones is 1. The summed E-state index contributed by atoms with van der Waals surface area (Å²) in [4.78, 5) is 31.5. The van der Waals surface area contributed by atoms with Gasteiger partial charge in [0.1, 0.15) is 5.75 Å². The van der Waals surface area contributed by atoms with Gasteiger partial charge in [0.25, 0.3) is 0 Å². The van der Waals surface area contributed by atoms with Crippen molar-refractivity contribution >= 4 is 22.6 Å². The van der Waals surface area contributed by atoms with E-state index < -0.39 is 6.10 Å². The van der Waals surface area contributed by atoms with E-state index in [1.165, 1.54) is 0 Å². The fourth-order valence-electron chi connectivity index (χ4n) is 4.54. The molecule has 1 N–H and O–H groups in total. The van der Waals surface area contributed by atoms with Crippen molar-refractivity contribution < 1.29 is 19.4 Å². The molecule has 2 atom stereocenters. The van der Waals surface area contributed by atoms with Gasteiger partial charge in [-0.3, -0.25) is 14.6 Å². The van der Waals surface area contributed by atoms with Crippen LogP contribution in [-0.2, 0) is 11.2 Å². The van der Waals surface area contributed by atoms with E-state index in [4.69, 9.17) is 4.74 Å². The summed E-state index contributed by atoms with van der Waals surface area (Å²) in [5, 5.41) is 11.7. The molecule has 6 nitrogen and oxygen atoms in total. The number of Topliss-reactive ketones (excluding diaryl/α,β-unsaturated/α-hetero) is 1. The minimum absolute atomic E-state index is 0.0378. The number of fused-ring (bicyclic) bond motifs is 1. The highest BCUT2D eigenvalue weighted by Gasteiger charge is 2.34. The maximum Gasteiger partial charge on any atom is 0.223 e. The molecule has 6 heteroatoms. The van der Waals surface area contributed by atoms with Gasteiger partial charge in [-0.25, -0.2) is 0 Å². The lowest BCUT2D eigenvalue weighted by Gasteiger charge is -2.16. The van der Waals surface area contributed by atoms with Gasteiger partial charge in [0.05, 0.1) is 18.2 Å². The van der Waals surface area contributed by atoms with Crippen LogP contribution in [0.5, 0.6) is 5.75 Å². The first-order chi connectivity index (χ1) is 16.0. The first kappa shape index (κ1) is 22.9. The van der Waals surface area contributed by atoms with Gasteiger partial charge in [-0.2, -0.15) is 0 Å². The van der Waals surface area contributed by atoms with Gasteiger partial charge in [-0.1, -0.05) is 18.2 Å². The first-order valence-corrected chi connectivity index (χ1v) is 11.5. The standard InChI is InChI=1S/C27H30N2O4/c1-3-33-26-10-8-20(14-18(26)2)24(30)9-11-27(32)29-16-21(25(31)17-29)15-19-12-13-28-23-7-5-4-6-22(19)23/h4-8,10,12-14,21,25,31H,3,9,11,15-17H2,1-2H3/t21-,25+/m1/s1. The molecule has 0 unspecified atom stereocenters. The Morgan fingerprint density at radius 2 is 1.94 bits per heavy atom. The minimum atomic E-state index is -0.578. The molecule has 0 saturated carbocycles. The SMILES string of the molecule is CCOc1ccc(C(=O)CCC(=O)N2C[C@@H](Cc3ccnc4ccccc34)[C@@H](O)C2)cc1C. The van der Waals surface area contributed by atoms with E-state index in [9.17, 15) is 14.7 Å². The van der Waals surface area contributed by atoms with Crippen LogP contribution in [0.2, 0.25) is 0 Å². The third-order valence-electron chi connectivity index (χ3n) is 6.34. The van der Waals surface area contributed by atoms with E-state index in [0.717, 1.165) is 27.8 Å². The van der Waals surface area contributed by atoms with Crippen molar-refractivity contribution in [2.45, 2.75) is 39.2 Å². The molecule has 0 radical (unpaired) electrons. The number of likely N-dealkylation sites (tertiary alicyclic amines) is 1. The summed E-state index contributed by atoms with van der Waals surface area (Å²) in [5.74, 6) is 0.578. The van der Waals surface area contributed by atoms with E-state index in [0.29, 0.717) is 31.7 Å². The van der Waals surface area contributed by atoms with Crippen molar-refractivity contribution in [2.24, 2.45) is 5.92 Å². The molecule has 2 aromatic carbocycles. The number of aromatic nitrogens is 1. The van der Waals surface area contributed by atoms with Gasteiger partial charge in [0.2, 0.25) is 5.91 Å². The number of benzene rings is 2. The Labute approximate surface area is 194 Å². The Bertz CT molecular complexity index is 1150. The molecule has 4 rings (SSSR count). The molecule has 0 aliphatic carbocycles. The Hall–Kier alpha value is -3.25. The van der Waals surface area contributed by atoms with Crippen molar-refractivity contribution in [1.82, 2.24) is 9.88 Å². The summed E-state index contributed by atoms with van der Waals surface area (Å²) < 4.78 is 5.52. The van der Waals surface area contributed by atoms with Crippen molar-refractivity contribution in [3.05, 3.63) is 71.4 Å². The number of para-hydroxylation sites is 1. The van der Waals surface area contributed by atoms with Crippen LogP contribution < -0.4 is 4.74 Å². The number of β-amino-alcohol motifs (C(OH)–C–C–N with tert-alkyl or cyclic N) is 1. The highest BCUT2D eigenvalue weighted by atomic mass is 16.5. The summed E-state index contributed by atoms with van der Waals surface area (Å²) >= 11 is 0. The Morgan fingerprint density at radius 1 is 1.12 bits per heavy atom. The molecule has 0 bridgehead atoms. The molecule has 172 valence electrons. The lowest BCUT2D eigenvalue weighted by Crippen LogP contribution is -2.29. The van der Waals surface area contributed by atoms with Crippen LogP contribution in [-0.4, -0.2) is 52.5 Å². The number of aliphatic hydroxyl groups excluding tert-OH is 1. The number of amides is 1. The molecule has 1 aliphatic heterocycles. The molecule has 1 fully saturated rings. The predicted octanol–water partition coefficient (Wildman–Crippen LogP) is 3.97. The second-order valence-corrected chi connectivity index (χ2v) is 8.65. The smallest absolute Gasteiger partial charge is 0.223 e. The van der Waals surface area contributed by atoms with Gasteiger partial charge in [0.15, 0.2) is 5.78 Å². The highest BCUT2D eigenvalue weighted by Crippen LogP contribution is 2.26. The zero-order valence-corrected chi connectivity index (χ0v) is 19.2. The molecule has 1 saturated heterocycles. The average Bonchev–Trinajstić information content (AvgIpc) is 3.19. The van der Waals surface area contributed by atoms with E-state index in [1.807, 2.05) is 50.2 Å². The Kier molecular flexibility index (Phi) is 7.04. The van der Waals surface area contributed by atoms with Gasteiger partial charge < -0.3 is 14.7 Å². The van der Waals surface area contributed by atoms with Crippen molar-refractivity contribution in [3.8, 4) is 5.75 Å². The molecule has 1 amide bonds. The second-order valence-electron chi connectivity index (χ2n) is 8.65. The van der Waals surface area contributed by atoms with E-state index >= 15 is 0 Å². The Balaban J connectivity index is 1.34. The molecule has 2 heterocycles. The van der Waals surface area contributed by atoms with Crippen LogP contribution in [0.1, 0.15) is 41.3 Å². The first-order valence-electron chi connectivity index (χ1n) is 11.5. The summed E-state index contributed by atoms with van der Waals surface area (Å²) in [6.07, 6.45) is 2.18. The summed E-state index contributed by atoms with van der Waals surface area (Å²) in [5.41, 5.74) is 3.55. The maximum atomic E-state index is 12.8. The van der Waals surface area contributed by atoms with Crippen LogP contribution in [0, 0.1) is 12.8 Å². The van der Waals surface area contributed by atoms with Gasteiger partial charge in [-0.15, -0.1) is 0 Å². The molecule has 0 spiro atoms. The molecular formula is C27H30N2O4. The lowest BCUT2D eigenvalue weighted by molar-refractivity contribution is -0.130. The number of hydrogen-bond donors (Lipinski definition) is 1. The number of aliphatic hydroxyl groups is 1. The van der Waals surface area contributed by atoms with Crippen LogP contribution in [0.4, 0.5) is 0 Å². The van der Waals surface area contributed by atoms with Crippen LogP contribution >= 0.6 is 0 Å². The lowest BCUT2D eigenvalue weighted by atomic mass is 9.94. The molecule has 1 aromatic heterocycles. The van der Waals surface area contributed by atoms with E-state index in [1.54, 1.807) is 23.2 Å². The van der Waals surface area contributed by atoms with E-state index in [2.05, 4.69) is 4.98 Å². The van der Waals surface area contributed by atoms with Crippen molar-refractivity contribution in [3.63, 3.8) is 0 Å². The fourth-order valence-corrected chi connectivity index (χ4v) is 4.54. The van der Waals surface area contributed by atoms with Crippen molar-refractivity contribution in [1.29, 1.82) is 0 Å². The molecule has 33 heavy (non-hydrogen) atoms. The minimum Gasteiger partial charge on any atom is -0.494 e. The summed E-state index contributed by atoms with van der Waals surface area (Å²) in [6.45, 7) is 5.20. The van der Waals surface area contributed by atoms with Crippen LogP contribution in [0.3, 0.4) is 0 Å². The third kappa shape index (κ3) is 5.22. The van der Waals surface area contributed by atoms with E-state index in [-0.39, 0.29) is 30.4 Å². The number of pyridine rings is 1. The number of ether oxygens (including phenoxy) is 1. The van der Waals surface area contributed by atoms with Crippen LogP contribution in [0.25, 0.3) is 10.9 Å². The van der Waals surface area contributed by atoms with Gasteiger partial charge >= 0.3 is 0 Å². The zero-order chi connectivity index (χ0) is 23.4. The van der Waals surface area contributed by atoms with Crippen molar-refractivity contribution in [2.75, 3.05) is 19.7 Å². The Morgan fingerprint density at radius 3 is 2.73 bits per heavy atom. The third-order valence-corrected chi connectivity index (χ3v) is 6.34. The average molecular weight is 447 g/mol. The predicted molar refractivity (Wildman–Crippen MR) is 127 cm³/mol. The summed E-state index contributed by atoms with van der Waals surface area (Å²) in [6, 6.07) is 15.3. The van der Waals surface area contributed by atoms with Gasteiger partial charge in [0, 0.05) is 49.0 Å². The zero-order valence-electron chi connectivity index (χ0n) is 19.2. The quantitative estimate of drug-likeness (QED) is 0.530. The highest BCUT2D eigenvalue weighted by molar-refractivity contribution is 5.98. The second kappa shape index (κ2) is 10.1. The number of carbonyl (C=O) groups is 2. The monoisotopic (exact) mass is 446 g/mol. The largest absolute Gasteiger partial charge is 0.494 e. The van der Waals surface area contributed by atoms with Crippen LogP contribution in [0.15, 0.2) is 54.7 Å². The normalized spacial score (nSPS) is 18.0. The molecule has 1 aliphatic rings. The fraction of sp³-hybridized carbons (Fsp3) is 0.370. The number of hydrogen-bond acceptors (Lipinski definition) is 5. The number of carbonyl (C=O) groups excluding carboxylic acids is 2. The maximum absolute atomic E-state index is 12.8. The number of aryl methyl sites for hydroxylation is 1. The summed E-state index contributed by atoms with van der Waals surface area (Å²) in [7, 11) is 0. The molecule has 3 aromatic rings. The number of rotatable bonds is 8. The topological polar surface area (TPSA) is 79.7 Å².